The van der Waals surface area contributed by atoms with Crippen LogP contribution in [0.25, 0.3) is 0 Å². The van der Waals surface area contributed by atoms with Crippen LogP contribution in [0.3, 0.4) is 0 Å². The fourth-order valence-electron chi connectivity index (χ4n) is 1.08. The summed E-state index contributed by atoms with van der Waals surface area (Å²) in [7, 11) is 0. The molecule has 0 aliphatic carbocycles. The molecule has 0 fully saturated rings. The molecule has 0 aromatic carbocycles. The zero-order valence-corrected chi connectivity index (χ0v) is 8.50. The van der Waals surface area contributed by atoms with Gasteiger partial charge < -0.3 is 0 Å². The monoisotopic (exact) mass is 184 g/mol. The SMILES string of the molecule is CC.CCC(C(C)C)C(F)(F)F. The largest absolute Gasteiger partial charge is 0.392 e. The highest BCUT2D eigenvalue weighted by atomic mass is 19.4. The smallest absolute Gasteiger partial charge is 0.171 e. The van der Waals surface area contributed by atoms with Gasteiger partial charge in [-0.2, -0.15) is 13.2 Å². The summed E-state index contributed by atoms with van der Waals surface area (Å²) in [6.07, 6.45) is -3.83. The summed E-state index contributed by atoms with van der Waals surface area (Å²) in [5, 5.41) is 0. The first-order chi connectivity index (χ1) is 5.39. The van der Waals surface area contributed by atoms with Gasteiger partial charge >= 0.3 is 6.18 Å². The number of hydrogen-bond donors (Lipinski definition) is 0. The topological polar surface area (TPSA) is 0 Å². The van der Waals surface area contributed by atoms with Crippen LogP contribution in [0.15, 0.2) is 0 Å². The summed E-state index contributed by atoms with van der Waals surface area (Å²) in [6.45, 7) is 8.77. The van der Waals surface area contributed by atoms with E-state index < -0.39 is 12.1 Å². The van der Waals surface area contributed by atoms with Gasteiger partial charge in [0.15, 0.2) is 0 Å². The Morgan fingerprint density at radius 2 is 1.42 bits per heavy atom. The second-order valence-corrected chi connectivity index (χ2v) is 2.80. The lowest BCUT2D eigenvalue weighted by atomic mass is 9.93. The van der Waals surface area contributed by atoms with E-state index in [-0.39, 0.29) is 12.3 Å². The average molecular weight is 184 g/mol. The molecule has 0 rings (SSSR count). The van der Waals surface area contributed by atoms with Crippen molar-refractivity contribution < 1.29 is 13.2 Å². The molecule has 0 aliphatic rings. The molecule has 0 amide bonds. The van der Waals surface area contributed by atoms with Crippen molar-refractivity contribution in [3.8, 4) is 0 Å². The molecule has 0 nitrogen and oxygen atoms in total. The quantitative estimate of drug-likeness (QED) is 0.601. The van der Waals surface area contributed by atoms with Gasteiger partial charge in [-0.1, -0.05) is 34.6 Å². The highest BCUT2D eigenvalue weighted by molar-refractivity contribution is 4.68. The third-order valence-electron chi connectivity index (χ3n) is 1.67. The Balaban J connectivity index is 0. The first-order valence-electron chi connectivity index (χ1n) is 4.46. The Hall–Kier alpha value is -0.210. The minimum Gasteiger partial charge on any atom is -0.171 e. The van der Waals surface area contributed by atoms with Gasteiger partial charge in [-0.25, -0.2) is 0 Å². The number of hydrogen-bond acceptors (Lipinski definition) is 0. The normalized spacial score (nSPS) is 13.8. The Bertz CT molecular complexity index is 94.4. The summed E-state index contributed by atoms with van der Waals surface area (Å²) >= 11 is 0. The minimum absolute atomic E-state index is 0.182. The minimum atomic E-state index is -4.01. The van der Waals surface area contributed by atoms with Crippen molar-refractivity contribution in [1.29, 1.82) is 0 Å². The van der Waals surface area contributed by atoms with E-state index in [4.69, 9.17) is 0 Å². The standard InChI is InChI=1S/C7H13F3.C2H6/c1-4-6(5(2)3)7(8,9)10;1-2/h5-6H,4H2,1-3H3;1-2H3. The third-order valence-corrected chi connectivity index (χ3v) is 1.67. The van der Waals surface area contributed by atoms with Crippen LogP contribution in [0.5, 0.6) is 0 Å². The van der Waals surface area contributed by atoms with Gasteiger partial charge in [-0.3, -0.25) is 0 Å². The van der Waals surface area contributed by atoms with E-state index in [1.54, 1.807) is 20.8 Å². The molecule has 0 aliphatic heterocycles. The van der Waals surface area contributed by atoms with E-state index in [2.05, 4.69) is 0 Å². The van der Waals surface area contributed by atoms with Crippen molar-refractivity contribution in [3.63, 3.8) is 0 Å². The first-order valence-corrected chi connectivity index (χ1v) is 4.46. The van der Waals surface area contributed by atoms with Gasteiger partial charge in [-0.05, 0) is 12.3 Å². The average Bonchev–Trinajstić information content (AvgIpc) is 1.89. The molecule has 0 N–H and O–H groups in total. The molecule has 1 atom stereocenters. The van der Waals surface area contributed by atoms with Crippen molar-refractivity contribution >= 4 is 0 Å². The molecule has 0 saturated carbocycles. The van der Waals surface area contributed by atoms with Crippen LogP contribution < -0.4 is 0 Å². The molecule has 12 heavy (non-hydrogen) atoms. The highest BCUT2D eigenvalue weighted by Crippen LogP contribution is 2.33. The molecule has 0 heterocycles. The lowest BCUT2D eigenvalue weighted by Crippen LogP contribution is -2.26. The summed E-state index contributed by atoms with van der Waals surface area (Å²) in [5.74, 6) is -1.43. The molecule has 0 aromatic heterocycles. The third kappa shape index (κ3) is 5.44. The Morgan fingerprint density at radius 1 is 1.08 bits per heavy atom. The van der Waals surface area contributed by atoms with Gasteiger partial charge in [0, 0.05) is 0 Å². The molecule has 0 aromatic rings. The molecule has 0 saturated heterocycles. The van der Waals surface area contributed by atoms with Crippen molar-refractivity contribution in [1.82, 2.24) is 0 Å². The van der Waals surface area contributed by atoms with E-state index in [0.29, 0.717) is 0 Å². The molecule has 76 valence electrons. The van der Waals surface area contributed by atoms with Crippen molar-refractivity contribution in [2.75, 3.05) is 0 Å². The number of halogens is 3. The predicted molar refractivity (Wildman–Crippen MR) is 46.0 cm³/mol. The van der Waals surface area contributed by atoms with Crippen molar-refractivity contribution in [2.45, 2.75) is 47.2 Å². The van der Waals surface area contributed by atoms with E-state index in [1.807, 2.05) is 13.8 Å². The molecule has 0 spiro atoms. The fourth-order valence-corrected chi connectivity index (χ4v) is 1.08. The Kier molecular flexibility index (Phi) is 7.54. The highest BCUT2D eigenvalue weighted by Gasteiger charge is 2.39. The maximum Gasteiger partial charge on any atom is 0.392 e. The summed E-state index contributed by atoms with van der Waals surface area (Å²) in [6, 6.07) is 0. The van der Waals surface area contributed by atoms with Crippen LogP contribution in [0, 0.1) is 11.8 Å². The second kappa shape index (κ2) is 6.32. The van der Waals surface area contributed by atoms with Crippen molar-refractivity contribution in [3.05, 3.63) is 0 Å². The van der Waals surface area contributed by atoms with Gasteiger partial charge in [0.25, 0.3) is 0 Å². The van der Waals surface area contributed by atoms with Crippen molar-refractivity contribution in [2.24, 2.45) is 11.8 Å². The maximum absolute atomic E-state index is 12.0. The predicted octanol–water partition coefficient (Wildman–Crippen LogP) is 4.26. The van der Waals surface area contributed by atoms with Gasteiger partial charge in [0.2, 0.25) is 0 Å². The molecule has 3 heteroatoms. The van der Waals surface area contributed by atoms with Gasteiger partial charge in [-0.15, -0.1) is 0 Å². The molecular formula is C9H19F3. The van der Waals surface area contributed by atoms with Crippen LogP contribution in [-0.2, 0) is 0 Å². The van der Waals surface area contributed by atoms with Crippen LogP contribution in [-0.4, -0.2) is 6.18 Å². The van der Waals surface area contributed by atoms with Crippen LogP contribution in [0.1, 0.15) is 41.0 Å². The first kappa shape index (κ1) is 14.3. The van der Waals surface area contributed by atoms with E-state index in [1.165, 1.54) is 0 Å². The lowest BCUT2D eigenvalue weighted by Gasteiger charge is -2.21. The molecule has 1 unspecified atom stereocenters. The second-order valence-electron chi connectivity index (χ2n) is 2.80. The summed E-state index contributed by atoms with van der Waals surface area (Å²) in [4.78, 5) is 0. The van der Waals surface area contributed by atoms with Crippen LogP contribution in [0.2, 0.25) is 0 Å². The number of alkyl halides is 3. The van der Waals surface area contributed by atoms with E-state index >= 15 is 0 Å². The van der Waals surface area contributed by atoms with E-state index in [0.717, 1.165) is 0 Å². The Labute approximate surface area is 73.2 Å². The molecular weight excluding hydrogens is 165 g/mol. The molecule has 0 bridgehead atoms. The zero-order valence-electron chi connectivity index (χ0n) is 8.50. The Morgan fingerprint density at radius 3 is 1.42 bits per heavy atom. The summed E-state index contributed by atoms with van der Waals surface area (Å²) in [5.41, 5.74) is 0. The van der Waals surface area contributed by atoms with Crippen LogP contribution in [0.4, 0.5) is 13.2 Å². The lowest BCUT2D eigenvalue weighted by molar-refractivity contribution is -0.186. The van der Waals surface area contributed by atoms with Gasteiger partial charge in [0.05, 0.1) is 5.92 Å². The molecule has 0 radical (unpaired) electrons. The zero-order chi connectivity index (χ0) is 10.4. The van der Waals surface area contributed by atoms with Crippen LogP contribution >= 0.6 is 0 Å². The summed E-state index contributed by atoms with van der Waals surface area (Å²) < 4.78 is 35.9. The maximum atomic E-state index is 12.0. The van der Waals surface area contributed by atoms with Gasteiger partial charge in [0.1, 0.15) is 0 Å². The number of rotatable bonds is 2. The fraction of sp³-hybridized carbons (Fsp3) is 1.00. The van der Waals surface area contributed by atoms with E-state index in [9.17, 15) is 13.2 Å².